The van der Waals surface area contributed by atoms with Gasteiger partial charge in [0, 0.05) is 31.4 Å². The Labute approximate surface area is 178 Å². The lowest BCUT2D eigenvalue weighted by Crippen LogP contribution is -2.44. The molecular formula is C23H28N4O2S. The number of hydrogen-bond donors (Lipinski definition) is 1. The van der Waals surface area contributed by atoms with Crippen molar-refractivity contribution in [1.82, 2.24) is 19.4 Å². The third-order valence-corrected chi connectivity index (χ3v) is 7.10. The van der Waals surface area contributed by atoms with E-state index in [9.17, 15) is 8.42 Å². The van der Waals surface area contributed by atoms with Crippen LogP contribution >= 0.6 is 0 Å². The van der Waals surface area contributed by atoms with Crippen LogP contribution in [0.5, 0.6) is 0 Å². The number of likely N-dealkylation sites (tertiary alicyclic amines) is 1. The number of rotatable bonds is 6. The minimum atomic E-state index is -3.45. The molecule has 158 valence electrons. The highest BCUT2D eigenvalue weighted by molar-refractivity contribution is 7.89. The number of nitrogens with zero attached hydrogens (tertiary/aromatic N) is 3. The smallest absolute Gasteiger partial charge is 0.240 e. The summed E-state index contributed by atoms with van der Waals surface area (Å²) in [4.78, 5) is 2.71. The van der Waals surface area contributed by atoms with Gasteiger partial charge in [0.2, 0.25) is 10.0 Å². The molecule has 0 radical (unpaired) electrons. The molecule has 0 spiro atoms. The van der Waals surface area contributed by atoms with E-state index in [4.69, 9.17) is 0 Å². The molecule has 7 heteroatoms. The van der Waals surface area contributed by atoms with Crippen molar-refractivity contribution in [3.8, 4) is 5.69 Å². The maximum Gasteiger partial charge on any atom is 0.240 e. The van der Waals surface area contributed by atoms with E-state index in [0.717, 1.165) is 49.6 Å². The summed E-state index contributed by atoms with van der Waals surface area (Å²) in [5.41, 5.74) is 4.46. The van der Waals surface area contributed by atoms with Gasteiger partial charge in [0.05, 0.1) is 16.3 Å². The van der Waals surface area contributed by atoms with Gasteiger partial charge < -0.3 is 0 Å². The van der Waals surface area contributed by atoms with Gasteiger partial charge in [-0.05, 0) is 62.6 Å². The van der Waals surface area contributed by atoms with Gasteiger partial charge in [-0.25, -0.2) is 17.8 Å². The van der Waals surface area contributed by atoms with Gasteiger partial charge in [-0.15, -0.1) is 0 Å². The van der Waals surface area contributed by atoms with Gasteiger partial charge in [-0.1, -0.05) is 30.3 Å². The Balaban J connectivity index is 1.31. The van der Waals surface area contributed by atoms with E-state index in [1.54, 1.807) is 24.3 Å². The van der Waals surface area contributed by atoms with Gasteiger partial charge in [0.1, 0.15) is 0 Å². The lowest BCUT2D eigenvalue weighted by atomic mass is 10.1. The molecule has 1 aliphatic heterocycles. The van der Waals surface area contributed by atoms with Crippen LogP contribution in [0.1, 0.15) is 29.8 Å². The summed E-state index contributed by atoms with van der Waals surface area (Å²) in [6.07, 6.45) is 1.63. The summed E-state index contributed by atoms with van der Waals surface area (Å²) in [7, 11) is -3.45. The fraction of sp³-hybridized carbons (Fsp3) is 0.348. The average molecular weight is 425 g/mol. The third-order valence-electron chi connectivity index (χ3n) is 5.56. The van der Waals surface area contributed by atoms with E-state index < -0.39 is 10.0 Å². The molecule has 0 unspecified atom stereocenters. The zero-order chi connectivity index (χ0) is 21.1. The lowest BCUT2D eigenvalue weighted by molar-refractivity contribution is 0.200. The average Bonchev–Trinajstić information content (AvgIpc) is 3.08. The van der Waals surface area contributed by atoms with E-state index in [2.05, 4.69) is 52.0 Å². The molecule has 0 saturated carbocycles. The Hall–Kier alpha value is -2.48. The fourth-order valence-corrected chi connectivity index (χ4v) is 5.31. The monoisotopic (exact) mass is 424 g/mol. The van der Waals surface area contributed by atoms with Crippen molar-refractivity contribution in [1.29, 1.82) is 0 Å². The Kier molecular flexibility index (Phi) is 6.04. The molecule has 3 aromatic rings. The molecule has 4 rings (SSSR count). The molecule has 0 bridgehead atoms. The van der Waals surface area contributed by atoms with Crippen molar-refractivity contribution in [3.63, 3.8) is 0 Å². The van der Waals surface area contributed by atoms with Crippen LogP contribution in [0.4, 0.5) is 0 Å². The molecule has 2 aromatic carbocycles. The molecular weight excluding hydrogens is 396 g/mol. The summed E-state index contributed by atoms with van der Waals surface area (Å²) in [6.45, 7) is 6.68. The first-order valence-electron chi connectivity index (χ1n) is 10.3. The third kappa shape index (κ3) is 4.80. The molecule has 0 atom stereocenters. The number of piperidine rings is 1. The number of hydrogen-bond acceptors (Lipinski definition) is 4. The van der Waals surface area contributed by atoms with E-state index in [-0.39, 0.29) is 6.04 Å². The van der Waals surface area contributed by atoms with Crippen LogP contribution in [0.3, 0.4) is 0 Å². The predicted octanol–water partition coefficient (Wildman–Crippen LogP) is 3.43. The zero-order valence-corrected chi connectivity index (χ0v) is 18.3. The SMILES string of the molecule is Cc1cc(C)n(-c2ccc(CN3CCC(NS(=O)(=O)c4ccccc4)CC3)cc2)n1. The zero-order valence-electron chi connectivity index (χ0n) is 17.5. The normalized spacial score (nSPS) is 16.1. The maximum atomic E-state index is 12.5. The number of benzene rings is 2. The fourth-order valence-electron chi connectivity index (χ4n) is 3.99. The number of aryl methyl sites for hydroxylation is 2. The summed E-state index contributed by atoms with van der Waals surface area (Å²) in [5.74, 6) is 0. The van der Waals surface area contributed by atoms with Crippen molar-refractivity contribution in [2.45, 2.75) is 44.2 Å². The van der Waals surface area contributed by atoms with E-state index >= 15 is 0 Å². The van der Waals surface area contributed by atoms with Crippen molar-refractivity contribution in [2.24, 2.45) is 0 Å². The molecule has 1 fully saturated rings. The molecule has 1 saturated heterocycles. The van der Waals surface area contributed by atoms with E-state index in [1.165, 1.54) is 5.56 Å². The highest BCUT2D eigenvalue weighted by Crippen LogP contribution is 2.18. The summed E-state index contributed by atoms with van der Waals surface area (Å²) >= 11 is 0. The summed E-state index contributed by atoms with van der Waals surface area (Å²) in [6, 6.07) is 19.1. The van der Waals surface area contributed by atoms with Gasteiger partial charge in [0.15, 0.2) is 0 Å². The molecule has 6 nitrogen and oxygen atoms in total. The Bertz CT molecular complexity index is 1080. The van der Waals surface area contributed by atoms with Crippen LogP contribution in [0.25, 0.3) is 5.69 Å². The Morgan fingerprint density at radius 2 is 1.67 bits per heavy atom. The van der Waals surface area contributed by atoms with E-state index in [1.807, 2.05) is 17.7 Å². The number of aromatic nitrogens is 2. The quantitative estimate of drug-likeness (QED) is 0.658. The largest absolute Gasteiger partial charge is 0.299 e. The highest BCUT2D eigenvalue weighted by atomic mass is 32.2. The number of sulfonamides is 1. The first-order valence-corrected chi connectivity index (χ1v) is 11.8. The molecule has 1 aromatic heterocycles. The van der Waals surface area contributed by atoms with Gasteiger partial charge in [-0.2, -0.15) is 5.10 Å². The maximum absolute atomic E-state index is 12.5. The van der Waals surface area contributed by atoms with Crippen molar-refractivity contribution < 1.29 is 8.42 Å². The minimum Gasteiger partial charge on any atom is -0.299 e. The summed E-state index contributed by atoms with van der Waals surface area (Å²) < 4.78 is 29.9. The van der Waals surface area contributed by atoms with Crippen LogP contribution in [-0.4, -0.2) is 42.2 Å². The summed E-state index contributed by atoms with van der Waals surface area (Å²) in [5, 5.41) is 4.54. The van der Waals surface area contributed by atoms with Crippen LogP contribution in [0.2, 0.25) is 0 Å². The second-order valence-electron chi connectivity index (χ2n) is 7.99. The van der Waals surface area contributed by atoms with Crippen molar-refractivity contribution >= 4 is 10.0 Å². The first kappa shape index (κ1) is 20.8. The van der Waals surface area contributed by atoms with Crippen LogP contribution in [-0.2, 0) is 16.6 Å². The molecule has 1 aliphatic rings. The van der Waals surface area contributed by atoms with E-state index in [0.29, 0.717) is 4.90 Å². The molecule has 0 aliphatic carbocycles. The van der Waals surface area contributed by atoms with Crippen molar-refractivity contribution in [3.05, 3.63) is 77.6 Å². The molecule has 2 heterocycles. The minimum absolute atomic E-state index is 0.0140. The standard InChI is InChI=1S/C23H28N4O2S/c1-18-16-19(2)27(24-18)22-10-8-20(9-11-22)17-26-14-12-21(13-15-26)25-30(28,29)23-6-4-3-5-7-23/h3-11,16,21,25H,12-15,17H2,1-2H3. The Morgan fingerprint density at radius 1 is 1.00 bits per heavy atom. The lowest BCUT2D eigenvalue weighted by Gasteiger charge is -2.32. The second kappa shape index (κ2) is 8.71. The number of nitrogens with one attached hydrogen (secondary N) is 1. The van der Waals surface area contributed by atoms with Gasteiger partial charge in [-0.3, -0.25) is 4.90 Å². The molecule has 0 amide bonds. The molecule has 1 N–H and O–H groups in total. The van der Waals surface area contributed by atoms with Crippen LogP contribution in [0, 0.1) is 13.8 Å². The van der Waals surface area contributed by atoms with Crippen molar-refractivity contribution in [2.75, 3.05) is 13.1 Å². The first-order chi connectivity index (χ1) is 14.4. The van der Waals surface area contributed by atoms with Gasteiger partial charge in [0.25, 0.3) is 0 Å². The van der Waals surface area contributed by atoms with Crippen LogP contribution < -0.4 is 4.72 Å². The predicted molar refractivity (Wildman–Crippen MR) is 118 cm³/mol. The van der Waals surface area contributed by atoms with Crippen LogP contribution in [0.15, 0.2) is 65.6 Å². The van der Waals surface area contributed by atoms with Gasteiger partial charge >= 0.3 is 0 Å². The molecule has 30 heavy (non-hydrogen) atoms. The second-order valence-corrected chi connectivity index (χ2v) is 9.70. The topological polar surface area (TPSA) is 67.2 Å². The highest BCUT2D eigenvalue weighted by Gasteiger charge is 2.24. The Morgan fingerprint density at radius 3 is 2.27 bits per heavy atom.